The molecule has 9 heteroatoms. The van der Waals surface area contributed by atoms with Crippen molar-refractivity contribution < 1.29 is 19.7 Å². The van der Waals surface area contributed by atoms with Crippen LogP contribution in [0, 0.1) is 0 Å². The van der Waals surface area contributed by atoms with Crippen LogP contribution in [-0.2, 0) is 9.47 Å². The zero-order valence-corrected chi connectivity index (χ0v) is 13.2. The molecule has 2 aliphatic rings. The van der Waals surface area contributed by atoms with Gasteiger partial charge < -0.3 is 25.4 Å². The fourth-order valence-electron chi connectivity index (χ4n) is 3.44. The normalized spacial score (nSPS) is 31.2. The van der Waals surface area contributed by atoms with E-state index in [1.165, 1.54) is 25.5 Å². The second kappa shape index (κ2) is 6.25. The van der Waals surface area contributed by atoms with E-state index in [9.17, 15) is 10.2 Å². The number of fused-ring (bicyclic) bond motifs is 1. The van der Waals surface area contributed by atoms with Gasteiger partial charge in [0, 0.05) is 0 Å². The Bertz CT molecular complexity index is 717. The standard InChI is InChI=1S/C15H21N5O4/c16-13-10-14(18-6-17-13)20(7-19-10)15-12(22)11(21)9(24-15)5-23-8-3-1-2-4-8/h6-9,11-12,15,21-22H,1-5H2,(H2,16,17,18)/t9-,11-,12-,15-/m1/s1. The average Bonchev–Trinajstić information content (AvgIpc) is 3.28. The third-order valence-corrected chi connectivity index (χ3v) is 4.80. The summed E-state index contributed by atoms with van der Waals surface area (Å²) in [6.07, 6.45) is 3.93. The first-order chi connectivity index (χ1) is 11.6. The first-order valence-corrected chi connectivity index (χ1v) is 8.21. The van der Waals surface area contributed by atoms with Crippen molar-refractivity contribution in [1.82, 2.24) is 19.5 Å². The molecule has 0 radical (unpaired) electrons. The van der Waals surface area contributed by atoms with Crippen LogP contribution in [0.4, 0.5) is 5.82 Å². The summed E-state index contributed by atoms with van der Waals surface area (Å²) in [4.78, 5) is 12.2. The number of anilines is 1. The van der Waals surface area contributed by atoms with E-state index < -0.39 is 24.5 Å². The third kappa shape index (κ3) is 2.63. The minimum Gasteiger partial charge on any atom is -0.387 e. The molecule has 1 aliphatic carbocycles. The monoisotopic (exact) mass is 335 g/mol. The molecule has 130 valence electrons. The van der Waals surface area contributed by atoms with Crippen molar-refractivity contribution in [2.24, 2.45) is 0 Å². The summed E-state index contributed by atoms with van der Waals surface area (Å²) in [6.45, 7) is 0.253. The molecular formula is C15H21N5O4. The number of aliphatic hydroxyl groups is 2. The highest BCUT2D eigenvalue weighted by molar-refractivity contribution is 5.81. The molecule has 2 aromatic heterocycles. The van der Waals surface area contributed by atoms with Crippen LogP contribution in [-0.4, -0.2) is 60.8 Å². The van der Waals surface area contributed by atoms with Gasteiger partial charge in [-0.05, 0) is 12.8 Å². The van der Waals surface area contributed by atoms with Crippen molar-refractivity contribution in [3.05, 3.63) is 12.7 Å². The highest BCUT2D eigenvalue weighted by Gasteiger charge is 2.44. The summed E-state index contributed by atoms with van der Waals surface area (Å²) in [5.41, 5.74) is 6.67. The van der Waals surface area contributed by atoms with Crippen molar-refractivity contribution in [1.29, 1.82) is 0 Å². The molecule has 1 saturated heterocycles. The largest absolute Gasteiger partial charge is 0.387 e. The lowest BCUT2D eigenvalue weighted by atomic mass is 10.1. The van der Waals surface area contributed by atoms with Crippen LogP contribution < -0.4 is 5.73 Å². The Hall–Kier alpha value is -1.81. The van der Waals surface area contributed by atoms with E-state index in [4.69, 9.17) is 15.2 Å². The number of imidazole rings is 1. The van der Waals surface area contributed by atoms with E-state index in [0.717, 1.165) is 12.8 Å². The fraction of sp³-hybridized carbons (Fsp3) is 0.667. The second-order valence-electron chi connectivity index (χ2n) is 6.37. The summed E-state index contributed by atoms with van der Waals surface area (Å²) in [7, 11) is 0. The summed E-state index contributed by atoms with van der Waals surface area (Å²) in [5, 5.41) is 20.6. The maximum Gasteiger partial charge on any atom is 0.167 e. The summed E-state index contributed by atoms with van der Waals surface area (Å²) in [6, 6.07) is 0. The Morgan fingerprint density at radius 2 is 2.00 bits per heavy atom. The highest BCUT2D eigenvalue weighted by Crippen LogP contribution is 2.32. The molecule has 0 spiro atoms. The van der Waals surface area contributed by atoms with E-state index in [1.54, 1.807) is 4.57 Å². The van der Waals surface area contributed by atoms with Gasteiger partial charge in [0.15, 0.2) is 17.7 Å². The van der Waals surface area contributed by atoms with Crippen molar-refractivity contribution in [3.63, 3.8) is 0 Å². The van der Waals surface area contributed by atoms with Crippen LogP contribution in [0.15, 0.2) is 12.7 Å². The Labute approximate surface area is 138 Å². The van der Waals surface area contributed by atoms with Gasteiger partial charge in [0.1, 0.15) is 30.2 Å². The Balaban J connectivity index is 1.51. The minimum atomic E-state index is -1.10. The molecule has 4 rings (SSSR count). The minimum absolute atomic E-state index is 0.221. The predicted molar refractivity (Wildman–Crippen MR) is 83.9 cm³/mol. The molecule has 0 amide bonds. The van der Waals surface area contributed by atoms with Crippen LogP contribution >= 0.6 is 0 Å². The third-order valence-electron chi connectivity index (χ3n) is 4.80. The van der Waals surface area contributed by atoms with Crippen molar-refractivity contribution >= 4 is 17.0 Å². The number of rotatable bonds is 4. The Morgan fingerprint density at radius 1 is 1.21 bits per heavy atom. The molecule has 0 aromatic carbocycles. The molecule has 9 nitrogen and oxygen atoms in total. The van der Waals surface area contributed by atoms with Crippen molar-refractivity contribution in [2.75, 3.05) is 12.3 Å². The number of aromatic nitrogens is 4. The number of nitrogens with two attached hydrogens (primary N) is 1. The number of nitrogen functional groups attached to an aromatic ring is 1. The van der Waals surface area contributed by atoms with E-state index in [0.29, 0.717) is 11.2 Å². The van der Waals surface area contributed by atoms with Gasteiger partial charge in [0.25, 0.3) is 0 Å². The maximum absolute atomic E-state index is 10.4. The first kappa shape index (κ1) is 15.7. The maximum atomic E-state index is 10.4. The topological polar surface area (TPSA) is 129 Å². The van der Waals surface area contributed by atoms with Gasteiger partial charge >= 0.3 is 0 Å². The zero-order chi connectivity index (χ0) is 16.7. The first-order valence-electron chi connectivity index (χ1n) is 8.21. The van der Waals surface area contributed by atoms with Crippen molar-refractivity contribution in [2.45, 2.75) is 56.3 Å². The van der Waals surface area contributed by atoms with Crippen LogP contribution in [0.2, 0.25) is 0 Å². The van der Waals surface area contributed by atoms with Crippen LogP contribution in [0.1, 0.15) is 31.9 Å². The number of aliphatic hydroxyl groups excluding tert-OH is 2. The molecule has 0 bridgehead atoms. The van der Waals surface area contributed by atoms with E-state index >= 15 is 0 Å². The quantitative estimate of drug-likeness (QED) is 0.711. The smallest absolute Gasteiger partial charge is 0.167 e. The molecule has 0 unspecified atom stereocenters. The van der Waals surface area contributed by atoms with E-state index in [-0.39, 0.29) is 18.5 Å². The van der Waals surface area contributed by atoms with E-state index in [2.05, 4.69) is 15.0 Å². The summed E-state index contributed by atoms with van der Waals surface area (Å²) >= 11 is 0. The lowest BCUT2D eigenvalue weighted by Gasteiger charge is -2.18. The van der Waals surface area contributed by atoms with Gasteiger partial charge in [-0.2, -0.15) is 0 Å². The van der Waals surface area contributed by atoms with Crippen LogP contribution in [0.5, 0.6) is 0 Å². The second-order valence-corrected chi connectivity index (χ2v) is 6.37. The van der Waals surface area contributed by atoms with E-state index in [1.807, 2.05) is 0 Å². The van der Waals surface area contributed by atoms with Gasteiger partial charge in [0.05, 0.1) is 19.0 Å². The van der Waals surface area contributed by atoms with Crippen LogP contribution in [0.3, 0.4) is 0 Å². The van der Waals surface area contributed by atoms with Crippen LogP contribution in [0.25, 0.3) is 11.2 Å². The van der Waals surface area contributed by atoms with Gasteiger partial charge in [-0.3, -0.25) is 4.57 Å². The molecule has 2 fully saturated rings. The molecule has 4 atom stereocenters. The Kier molecular flexibility index (Phi) is 4.09. The summed E-state index contributed by atoms with van der Waals surface area (Å²) in [5.74, 6) is 0.257. The molecule has 1 aliphatic heterocycles. The number of hydrogen-bond acceptors (Lipinski definition) is 8. The predicted octanol–water partition coefficient (Wildman–Crippen LogP) is -0.0131. The number of hydrogen-bond donors (Lipinski definition) is 3. The Morgan fingerprint density at radius 3 is 2.79 bits per heavy atom. The molecule has 24 heavy (non-hydrogen) atoms. The van der Waals surface area contributed by atoms with Gasteiger partial charge in [-0.15, -0.1) is 0 Å². The molecule has 1 saturated carbocycles. The zero-order valence-electron chi connectivity index (χ0n) is 13.2. The molecule has 4 N–H and O–H groups in total. The molecular weight excluding hydrogens is 314 g/mol. The lowest BCUT2D eigenvalue weighted by Crippen LogP contribution is -2.34. The number of ether oxygens (including phenoxy) is 2. The number of nitrogens with zero attached hydrogens (tertiary/aromatic N) is 4. The van der Waals surface area contributed by atoms with Gasteiger partial charge in [-0.25, -0.2) is 15.0 Å². The lowest BCUT2D eigenvalue weighted by molar-refractivity contribution is -0.0796. The van der Waals surface area contributed by atoms with Gasteiger partial charge in [-0.1, -0.05) is 12.8 Å². The SMILES string of the molecule is Nc1ncnc2c1ncn2[C@@H]1O[C@H](COC2CCCC2)[C@@H](O)[C@H]1O. The van der Waals surface area contributed by atoms with Crippen molar-refractivity contribution in [3.8, 4) is 0 Å². The summed E-state index contributed by atoms with van der Waals surface area (Å²) < 4.78 is 13.2. The highest BCUT2D eigenvalue weighted by atomic mass is 16.6. The fourth-order valence-corrected chi connectivity index (χ4v) is 3.44. The molecule has 3 heterocycles. The van der Waals surface area contributed by atoms with Gasteiger partial charge in [0.2, 0.25) is 0 Å². The molecule has 2 aromatic rings. The average molecular weight is 335 g/mol.